The molecule has 0 saturated carbocycles. The number of nitrogens with one attached hydrogen (secondary N) is 5. The number of aromatic nitrogens is 1. The van der Waals surface area contributed by atoms with Crippen molar-refractivity contribution in [3.63, 3.8) is 0 Å². The van der Waals surface area contributed by atoms with Gasteiger partial charge in [0.25, 0.3) is 5.91 Å². The first-order valence-corrected chi connectivity index (χ1v) is 24.6. The number of halogens is 8. The van der Waals surface area contributed by atoms with Gasteiger partial charge >= 0.3 is 24.5 Å². The monoisotopic (exact) mass is 1110 g/mol. The fourth-order valence-corrected chi connectivity index (χ4v) is 9.28. The molecule has 3 aromatic rings. The molecule has 3 aliphatic heterocycles. The maximum Gasteiger partial charge on any atom is 0.407 e. The molecule has 2 aromatic carbocycles. The highest BCUT2D eigenvalue weighted by Crippen LogP contribution is 2.42. The summed E-state index contributed by atoms with van der Waals surface area (Å²) in [5, 5.41) is 25.8. The number of alkyl halides is 6. The molecule has 4 amide bonds. The standard InChI is InChI=1S/C52H62F8N10O8/c1-49(2,51(55,56)57)43(65-47(74)76-5)45(72)64-40(19-30-10-7-29(8-11-30)9-12-31-13-16-42(63-22-31)68-23-33-14-15-34(24-68)70(33)35-27-78-28-35)41(71)26-69(25-36-37(53)20-32(21-38(36)54)39(62)17-18-61)67-46(73)44(66-48(75)77-6)50(3,4)52(58,59)60/h7-8,10-11,13,16-18,20-22,33-35,40-41,43-44,61,71H,14-15,19,23-28,62H2,1-6H3,(H,64,72)(H,65,74)(H,66,75)(H,67,73)/t33?,34?,40-,41-,43+,44+/m0/s1. The second-order valence-electron chi connectivity index (χ2n) is 20.3. The summed E-state index contributed by atoms with van der Waals surface area (Å²) >= 11 is 0. The van der Waals surface area contributed by atoms with Gasteiger partial charge in [0.2, 0.25) is 5.91 Å². The summed E-state index contributed by atoms with van der Waals surface area (Å²) in [7, 11) is 1.64. The van der Waals surface area contributed by atoms with Gasteiger partial charge in [0.15, 0.2) is 0 Å². The number of amides is 4. The number of allylic oxidation sites excluding steroid dienone is 1. The number of piperazine rings is 1. The number of hydrogen-bond donors (Lipinski definition) is 7. The summed E-state index contributed by atoms with van der Waals surface area (Å²) in [5.41, 5.74) is 1.83. The lowest BCUT2D eigenvalue weighted by molar-refractivity contribution is -0.221. The van der Waals surface area contributed by atoms with E-state index in [0.29, 0.717) is 67.5 Å². The van der Waals surface area contributed by atoms with Gasteiger partial charge in [0.1, 0.15) is 29.5 Å². The van der Waals surface area contributed by atoms with Gasteiger partial charge in [-0.2, -0.15) is 26.3 Å². The van der Waals surface area contributed by atoms with Crippen molar-refractivity contribution < 1.29 is 73.6 Å². The number of pyridine rings is 1. The Hall–Kier alpha value is -7.08. The molecule has 26 heteroatoms. The summed E-state index contributed by atoms with van der Waals surface area (Å²) in [6, 6.07) is 6.02. The van der Waals surface area contributed by atoms with E-state index in [4.69, 9.17) is 15.9 Å². The number of carbonyl (C=O) groups excluding carboxylic acids is 4. The molecule has 6 rings (SSSR count). The summed E-state index contributed by atoms with van der Waals surface area (Å²) in [6.45, 7) is 3.41. The summed E-state index contributed by atoms with van der Waals surface area (Å²) in [5.74, 6) is 1.08. The number of anilines is 1. The molecule has 3 saturated heterocycles. The third kappa shape index (κ3) is 14.1. The molecule has 1 aromatic heterocycles. The highest BCUT2D eigenvalue weighted by molar-refractivity contribution is 5.87. The lowest BCUT2D eigenvalue weighted by Crippen LogP contribution is -2.63. The van der Waals surface area contributed by atoms with Crippen molar-refractivity contribution in [3.8, 4) is 11.8 Å². The van der Waals surface area contributed by atoms with Gasteiger partial charge in [0, 0.05) is 78.6 Å². The Kier molecular flexibility index (Phi) is 19.1. The number of nitrogens with zero attached hydrogens (tertiary/aromatic N) is 4. The number of hydrogen-bond acceptors (Lipinski definition) is 14. The van der Waals surface area contributed by atoms with Gasteiger partial charge in [-0.15, -0.1) is 0 Å². The molecule has 8 N–H and O–H groups in total. The number of nitrogens with two attached hydrogens (primary N) is 1. The number of hydrazine groups is 1. The predicted molar refractivity (Wildman–Crippen MR) is 268 cm³/mol. The van der Waals surface area contributed by atoms with Crippen LogP contribution in [-0.2, 0) is 36.8 Å². The fourth-order valence-electron chi connectivity index (χ4n) is 9.28. The van der Waals surface area contributed by atoms with Crippen molar-refractivity contribution >= 4 is 41.7 Å². The van der Waals surface area contributed by atoms with E-state index in [9.17, 15) is 50.6 Å². The molecule has 78 heavy (non-hydrogen) atoms. The van der Waals surface area contributed by atoms with E-state index in [0.717, 1.165) is 83.6 Å². The van der Waals surface area contributed by atoms with Crippen molar-refractivity contribution in [3.05, 3.63) is 100 Å². The molecule has 0 radical (unpaired) electrons. The first-order chi connectivity index (χ1) is 36.6. The summed E-state index contributed by atoms with van der Waals surface area (Å²) in [4.78, 5) is 62.3. The highest BCUT2D eigenvalue weighted by Gasteiger charge is 2.57. The van der Waals surface area contributed by atoms with Crippen molar-refractivity contribution in [1.29, 1.82) is 5.41 Å². The van der Waals surface area contributed by atoms with E-state index in [1.165, 1.54) is 12.1 Å². The summed E-state index contributed by atoms with van der Waals surface area (Å²) < 4.78 is 133. The molecule has 18 nitrogen and oxygen atoms in total. The fraction of sp³-hybridized carbons (Fsp3) is 0.500. The number of rotatable bonds is 19. The van der Waals surface area contributed by atoms with Crippen LogP contribution in [-0.4, -0.2) is 152 Å². The van der Waals surface area contributed by atoms with E-state index in [2.05, 4.69) is 46.8 Å². The Morgan fingerprint density at radius 3 is 1.83 bits per heavy atom. The molecule has 0 spiro atoms. The average molecular weight is 1110 g/mol. The molecular formula is C52H62F8N10O8. The van der Waals surface area contributed by atoms with Gasteiger partial charge < -0.3 is 51.3 Å². The Labute approximate surface area is 444 Å². The minimum absolute atomic E-state index is 0.239. The molecule has 6 atom stereocenters. The zero-order chi connectivity index (χ0) is 57.5. The topological polar surface area (TPSA) is 237 Å². The summed E-state index contributed by atoms with van der Waals surface area (Å²) in [6.07, 6.45) is -10.2. The average Bonchev–Trinajstić information content (AvgIpc) is 3.62. The van der Waals surface area contributed by atoms with Crippen molar-refractivity contribution in [2.75, 3.05) is 52.0 Å². The number of aliphatic hydroxyl groups excluding tert-OH is 1. The maximum atomic E-state index is 15.8. The molecule has 3 fully saturated rings. The van der Waals surface area contributed by atoms with E-state index in [1.54, 1.807) is 23.6 Å². The third-order valence-corrected chi connectivity index (χ3v) is 14.3. The van der Waals surface area contributed by atoms with Crippen LogP contribution in [0.5, 0.6) is 0 Å². The molecular weight excluding hydrogens is 1040 g/mol. The Morgan fingerprint density at radius 1 is 0.833 bits per heavy atom. The first kappa shape index (κ1) is 60.2. The largest absolute Gasteiger partial charge is 0.453 e. The number of methoxy groups -OCH3 is 2. The zero-order valence-corrected chi connectivity index (χ0v) is 43.5. The molecule has 424 valence electrons. The van der Waals surface area contributed by atoms with Crippen LogP contribution in [0.15, 0.2) is 60.8 Å². The minimum atomic E-state index is -5.20. The van der Waals surface area contributed by atoms with Crippen molar-refractivity contribution in [2.24, 2.45) is 16.6 Å². The van der Waals surface area contributed by atoms with Gasteiger partial charge in [-0.05, 0) is 95.0 Å². The van der Waals surface area contributed by atoms with E-state index < -0.39 is 108 Å². The van der Waals surface area contributed by atoms with Crippen molar-refractivity contribution in [1.82, 2.24) is 36.3 Å². The highest BCUT2D eigenvalue weighted by atomic mass is 19.4. The predicted octanol–water partition coefficient (Wildman–Crippen LogP) is 5.31. The number of fused-ring (bicyclic) bond motifs is 2. The zero-order valence-electron chi connectivity index (χ0n) is 43.5. The number of aliphatic hydroxyl groups is 1. The van der Waals surface area contributed by atoms with Gasteiger partial charge in [-0.25, -0.2) is 28.4 Å². The normalized spacial score (nSPS) is 18.8. The van der Waals surface area contributed by atoms with Crippen LogP contribution < -0.4 is 32.0 Å². The van der Waals surface area contributed by atoms with Crippen LogP contribution in [0.1, 0.15) is 68.4 Å². The Balaban J connectivity index is 1.30. The second-order valence-corrected chi connectivity index (χ2v) is 20.3. The Bertz CT molecular complexity index is 2710. The minimum Gasteiger partial charge on any atom is -0.453 e. The molecule has 4 heterocycles. The SMILES string of the molecule is COC(=O)N[C@H](C(=O)N[C@@H](Cc1ccc(C#Cc2ccc(N3CC4CCC(C3)N4C3COC3)nc2)cc1)[C@@H](O)CN(Cc1c(F)cc(C(N)=CC=N)cc1F)NC(=O)[C@@H](NC(=O)OC)C(C)(C)C(F)(F)F)C(C)(C)C(F)(F)F. The number of alkyl carbamates (subject to hydrolysis) is 2. The molecule has 2 unspecified atom stereocenters. The van der Waals surface area contributed by atoms with Crippen LogP contribution >= 0.6 is 0 Å². The number of carbonyl (C=O) groups is 4. The maximum absolute atomic E-state index is 15.8. The molecule has 2 bridgehead atoms. The lowest BCUT2D eigenvalue weighted by Gasteiger charge is -2.47. The first-order valence-electron chi connectivity index (χ1n) is 24.6. The quantitative estimate of drug-likeness (QED) is 0.0350. The third-order valence-electron chi connectivity index (χ3n) is 14.3. The Morgan fingerprint density at radius 2 is 1.36 bits per heavy atom. The smallest absolute Gasteiger partial charge is 0.407 e. The van der Waals surface area contributed by atoms with E-state index >= 15 is 8.78 Å². The van der Waals surface area contributed by atoms with Crippen LogP contribution in [0.25, 0.3) is 5.70 Å². The lowest BCUT2D eigenvalue weighted by atomic mass is 9.82. The van der Waals surface area contributed by atoms with Crippen LogP contribution in [0.2, 0.25) is 0 Å². The van der Waals surface area contributed by atoms with Crippen LogP contribution in [0.3, 0.4) is 0 Å². The van der Waals surface area contributed by atoms with Gasteiger partial charge in [0.05, 0.1) is 56.5 Å². The van der Waals surface area contributed by atoms with Crippen LogP contribution in [0, 0.1) is 39.7 Å². The van der Waals surface area contributed by atoms with Crippen LogP contribution in [0.4, 0.5) is 50.5 Å². The van der Waals surface area contributed by atoms with Gasteiger partial charge in [-0.1, -0.05) is 24.0 Å². The second kappa shape index (κ2) is 24.7. The molecule has 0 aliphatic carbocycles. The van der Waals surface area contributed by atoms with Crippen molar-refractivity contribution in [2.45, 2.75) is 108 Å². The van der Waals surface area contributed by atoms with E-state index in [-0.39, 0.29) is 11.3 Å². The number of ether oxygens (including phenoxy) is 3. The van der Waals surface area contributed by atoms with E-state index in [1.807, 2.05) is 17.4 Å². The van der Waals surface area contributed by atoms with Gasteiger partial charge in [-0.3, -0.25) is 19.9 Å². The molecule has 3 aliphatic rings. The number of benzene rings is 2.